The van der Waals surface area contributed by atoms with E-state index in [0.717, 1.165) is 18.5 Å². The maximum Gasteiger partial charge on any atom is 0.208 e. The van der Waals surface area contributed by atoms with Gasteiger partial charge in [-0.15, -0.1) is 0 Å². The van der Waals surface area contributed by atoms with Crippen LogP contribution in [-0.2, 0) is 22.8 Å². The molecule has 29 heavy (non-hydrogen) atoms. The van der Waals surface area contributed by atoms with Crippen LogP contribution in [0.4, 0.5) is 0 Å². The average molecular weight is 410 g/mol. The van der Waals surface area contributed by atoms with Crippen molar-refractivity contribution in [1.29, 1.82) is 0 Å². The molecule has 0 aliphatic rings. The van der Waals surface area contributed by atoms with Crippen molar-refractivity contribution >= 4 is 15.4 Å². The van der Waals surface area contributed by atoms with Crippen molar-refractivity contribution in [2.24, 2.45) is 0 Å². The smallest absolute Gasteiger partial charge is 0.208 e. The average Bonchev–Trinajstić information content (AvgIpc) is 3.39. The molecule has 0 saturated heterocycles. The minimum Gasteiger partial charge on any atom is -0.494 e. The summed E-state index contributed by atoms with van der Waals surface area (Å²) in [7, 11) is -3.62. The zero-order valence-electron chi connectivity index (χ0n) is 16.2. The number of pyridine rings is 1. The van der Waals surface area contributed by atoms with E-state index in [9.17, 15) is 8.42 Å². The molecule has 3 aromatic heterocycles. The molecule has 0 bridgehead atoms. The van der Waals surface area contributed by atoms with E-state index in [-0.39, 0.29) is 4.90 Å². The van der Waals surface area contributed by atoms with Crippen molar-refractivity contribution in [3.63, 3.8) is 0 Å². The second-order valence-corrected chi connectivity index (χ2v) is 8.69. The molecule has 0 radical (unpaired) electrons. The fourth-order valence-corrected chi connectivity index (χ4v) is 5.12. The van der Waals surface area contributed by atoms with Crippen LogP contribution in [0.25, 0.3) is 5.52 Å². The summed E-state index contributed by atoms with van der Waals surface area (Å²) in [6, 6.07) is 12.3. The number of aromatic nitrogens is 3. The van der Waals surface area contributed by atoms with Crippen molar-refractivity contribution in [2.45, 2.75) is 36.1 Å². The highest BCUT2D eigenvalue weighted by molar-refractivity contribution is 7.91. The number of imidazole rings is 1. The molecule has 7 heteroatoms. The number of nitrogens with zero attached hydrogens (tertiary/aromatic N) is 3. The Hall–Kier alpha value is -3.06. The number of aryl methyl sites for hydroxylation is 2. The first kappa shape index (κ1) is 19.3. The van der Waals surface area contributed by atoms with Gasteiger partial charge in [0, 0.05) is 31.3 Å². The summed E-state index contributed by atoms with van der Waals surface area (Å²) in [5, 5.41) is 0. The molecular formula is C22H23N3O3S. The van der Waals surface area contributed by atoms with E-state index < -0.39 is 9.84 Å². The van der Waals surface area contributed by atoms with Crippen LogP contribution in [0.3, 0.4) is 0 Å². The number of rotatable bonds is 8. The number of sulfone groups is 1. The second kappa shape index (κ2) is 8.13. The molecule has 0 spiro atoms. The summed E-state index contributed by atoms with van der Waals surface area (Å²) in [6.07, 6.45) is 10.7. The highest BCUT2D eigenvalue weighted by atomic mass is 32.2. The minimum atomic E-state index is -3.62. The lowest BCUT2D eigenvalue weighted by atomic mass is 10.2. The lowest BCUT2D eigenvalue weighted by molar-refractivity contribution is 0.301. The molecular weight excluding hydrogens is 386 g/mol. The number of fused-ring (bicyclic) bond motifs is 1. The maximum atomic E-state index is 13.3. The van der Waals surface area contributed by atoms with Crippen LogP contribution >= 0.6 is 0 Å². The Labute approximate surface area is 170 Å². The van der Waals surface area contributed by atoms with Gasteiger partial charge in [-0.1, -0.05) is 13.0 Å². The number of benzene rings is 1. The summed E-state index contributed by atoms with van der Waals surface area (Å²) in [5.74, 6) is 0.659. The molecule has 1 aromatic carbocycles. The molecule has 0 aliphatic carbocycles. The van der Waals surface area contributed by atoms with Crippen LogP contribution in [0, 0.1) is 0 Å². The Morgan fingerprint density at radius 1 is 1.07 bits per heavy atom. The Bertz CT molecular complexity index is 1190. The van der Waals surface area contributed by atoms with Crippen molar-refractivity contribution in [3.05, 3.63) is 79.1 Å². The molecule has 0 aliphatic heterocycles. The summed E-state index contributed by atoms with van der Waals surface area (Å²) < 4.78 is 36.3. The van der Waals surface area contributed by atoms with Crippen LogP contribution in [0.5, 0.6) is 5.75 Å². The lowest BCUT2D eigenvalue weighted by Gasteiger charge is -2.09. The molecule has 0 N–H and O–H groups in total. The van der Waals surface area contributed by atoms with E-state index in [2.05, 4.69) is 4.98 Å². The highest BCUT2D eigenvalue weighted by Gasteiger charge is 2.25. The second-order valence-electron chi connectivity index (χ2n) is 6.81. The summed E-state index contributed by atoms with van der Waals surface area (Å²) in [5.41, 5.74) is 1.51. The third-order valence-corrected chi connectivity index (χ3v) is 6.78. The quantitative estimate of drug-likeness (QED) is 0.413. The SMILES string of the molecule is CCc1cn2ccccc2c1S(=O)(=O)c1ccc(OCCCn2ccnc2)cc1. The van der Waals surface area contributed by atoms with Gasteiger partial charge >= 0.3 is 0 Å². The molecule has 0 atom stereocenters. The van der Waals surface area contributed by atoms with Crippen LogP contribution in [0.1, 0.15) is 18.9 Å². The Balaban J connectivity index is 1.51. The van der Waals surface area contributed by atoms with Crippen LogP contribution in [0.2, 0.25) is 0 Å². The summed E-state index contributed by atoms with van der Waals surface area (Å²) in [6.45, 7) is 3.34. The fourth-order valence-electron chi connectivity index (χ4n) is 3.40. The van der Waals surface area contributed by atoms with Crippen molar-refractivity contribution < 1.29 is 13.2 Å². The first-order valence-electron chi connectivity index (χ1n) is 9.62. The van der Waals surface area contributed by atoms with E-state index in [4.69, 9.17) is 4.74 Å². The molecule has 0 amide bonds. The van der Waals surface area contributed by atoms with Crippen molar-refractivity contribution in [3.8, 4) is 5.75 Å². The van der Waals surface area contributed by atoms with E-state index >= 15 is 0 Å². The molecule has 4 rings (SSSR count). The van der Waals surface area contributed by atoms with Gasteiger partial charge in [0.2, 0.25) is 9.84 Å². The highest BCUT2D eigenvalue weighted by Crippen LogP contribution is 2.31. The van der Waals surface area contributed by atoms with Gasteiger partial charge < -0.3 is 13.7 Å². The Morgan fingerprint density at radius 2 is 1.90 bits per heavy atom. The van der Waals surface area contributed by atoms with Gasteiger partial charge in [0.25, 0.3) is 0 Å². The third-order valence-electron chi connectivity index (χ3n) is 4.88. The summed E-state index contributed by atoms with van der Waals surface area (Å²) >= 11 is 0. The summed E-state index contributed by atoms with van der Waals surface area (Å²) in [4.78, 5) is 4.66. The lowest BCUT2D eigenvalue weighted by Crippen LogP contribution is -2.05. The third kappa shape index (κ3) is 3.91. The van der Waals surface area contributed by atoms with E-state index in [1.54, 1.807) is 36.8 Å². The normalized spacial score (nSPS) is 11.8. The van der Waals surface area contributed by atoms with Gasteiger partial charge in [-0.3, -0.25) is 0 Å². The van der Waals surface area contributed by atoms with Gasteiger partial charge in [0.15, 0.2) is 0 Å². The zero-order chi connectivity index (χ0) is 20.3. The molecule has 0 fully saturated rings. The number of hydrogen-bond donors (Lipinski definition) is 0. The monoisotopic (exact) mass is 409 g/mol. The topological polar surface area (TPSA) is 65.6 Å². The van der Waals surface area contributed by atoms with Gasteiger partial charge in [0.1, 0.15) is 10.6 Å². The largest absolute Gasteiger partial charge is 0.494 e. The molecule has 4 aromatic rings. The molecule has 3 heterocycles. The maximum absolute atomic E-state index is 13.3. The van der Waals surface area contributed by atoms with Crippen molar-refractivity contribution in [2.75, 3.05) is 6.61 Å². The molecule has 0 unspecified atom stereocenters. The van der Waals surface area contributed by atoms with Gasteiger partial charge in [-0.2, -0.15) is 0 Å². The van der Waals surface area contributed by atoms with E-state index in [1.807, 2.05) is 52.7 Å². The molecule has 0 saturated carbocycles. The van der Waals surface area contributed by atoms with E-state index in [0.29, 0.717) is 29.2 Å². The fraction of sp³-hybridized carbons (Fsp3) is 0.227. The van der Waals surface area contributed by atoms with Crippen molar-refractivity contribution in [1.82, 2.24) is 14.0 Å². The van der Waals surface area contributed by atoms with Gasteiger partial charge in [-0.25, -0.2) is 13.4 Å². The van der Waals surface area contributed by atoms with Gasteiger partial charge in [0.05, 0.1) is 23.3 Å². The first-order valence-corrected chi connectivity index (χ1v) is 11.1. The standard InChI is InChI=1S/C22H23N3O3S/c1-2-18-16-25-13-4-3-6-21(25)22(18)29(26,27)20-9-7-19(8-10-20)28-15-5-12-24-14-11-23-17-24/h3-4,6-11,13-14,16-17H,2,5,12,15H2,1H3. The Morgan fingerprint density at radius 3 is 2.62 bits per heavy atom. The minimum absolute atomic E-state index is 0.273. The molecule has 150 valence electrons. The predicted octanol–water partition coefficient (Wildman–Crippen LogP) is 4.00. The first-order chi connectivity index (χ1) is 14.1. The van der Waals surface area contributed by atoms with Crippen LogP contribution in [0.15, 0.2) is 83.4 Å². The van der Waals surface area contributed by atoms with E-state index in [1.165, 1.54) is 0 Å². The Kier molecular flexibility index (Phi) is 5.40. The number of hydrogen-bond acceptors (Lipinski definition) is 4. The van der Waals surface area contributed by atoms with Crippen LogP contribution < -0.4 is 4.74 Å². The zero-order valence-corrected chi connectivity index (χ0v) is 17.0. The van der Waals surface area contributed by atoms with Crippen LogP contribution in [-0.4, -0.2) is 29.0 Å². The number of ether oxygens (including phenoxy) is 1. The van der Waals surface area contributed by atoms with Gasteiger partial charge in [-0.05, 0) is 54.8 Å². The molecule has 6 nitrogen and oxygen atoms in total. The predicted molar refractivity (Wildman–Crippen MR) is 111 cm³/mol.